The summed E-state index contributed by atoms with van der Waals surface area (Å²) in [6, 6.07) is 1.53. The van der Waals surface area contributed by atoms with Gasteiger partial charge in [-0.05, 0) is 28.9 Å². The van der Waals surface area contributed by atoms with Crippen molar-refractivity contribution in [1.82, 2.24) is 0 Å². The number of carboxylic acids is 1. The van der Waals surface area contributed by atoms with Crippen LogP contribution in [0.3, 0.4) is 0 Å². The van der Waals surface area contributed by atoms with Crippen LogP contribution in [0.2, 0.25) is 0 Å². The van der Waals surface area contributed by atoms with E-state index in [0.717, 1.165) is 9.35 Å². The Kier molecular flexibility index (Phi) is 3.63. The van der Waals surface area contributed by atoms with E-state index in [1.54, 1.807) is 6.92 Å². The van der Waals surface area contributed by atoms with Crippen molar-refractivity contribution in [1.29, 1.82) is 0 Å². The Balaban J connectivity index is 2.89. The molecule has 0 aliphatic heterocycles. The van der Waals surface area contributed by atoms with Crippen molar-refractivity contribution in [3.05, 3.63) is 20.3 Å². The molecule has 14 heavy (non-hydrogen) atoms. The third-order valence-corrected chi connectivity index (χ3v) is 3.89. The summed E-state index contributed by atoms with van der Waals surface area (Å²) in [5.41, 5.74) is 0. The highest BCUT2D eigenvalue weighted by molar-refractivity contribution is 9.10. The lowest BCUT2D eigenvalue weighted by Crippen LogP contribution is -2.22. The first kappa shape index (κ1) is 11.6. The fourth-order valence-corrected chi connectivity index (χ4v) is 2.47. The molecule has 6 heteroatoms. The summed E-state index contributed by atoms with van der Waals surface area (Å²) in [4.78, 5) is 11.4. The van der Waals surface area contributed by atoms with Gasteiger partial charge in [-0.15, -0.1) is 11.3 Å². The molecule has 0 aromatic carbocycles. The van der Waals surface area contributed by atoms with Crippen LogP contribution in [0.1, 0.15) is 15.9 Å². The fourth-order valence-electron chi connectivity index (χ4n) is 0.907. The fraction of sp³-hybridized carbons (Fsp3) is 0.375. The highest BCUT2D eigenvalue weighted by Crippen LogP contribution is 2.32. The van der Waals surface area contributed by atoms with Crippen LogP contribution in [0.4, 0.5) is 4.39 Å². The molecule has 0 radical (unpaired) electrons. The van der Waals surface area contributed by atoms with Gasteiger partial charge in [-0.2, -0.15) is 0 Å². The quantitative estimate of drug-likeness (QED) is 0.894. The Labute approximate surface area is 92.3 Å². The van der Waals surface area contributed by atoms with Crippen molar-refractivity contribution < 1.29 is 19.4 Å². The third-order valence-electron chi connectivity index (χ3n) is 1.68. The smallest absolute Gasteiger partial charge is 0.341 e. The minimum absolute atomic E-state index is 0.310. The van der Waals surface area contributed by atoms with Crippen molar-refractivity contribution in [2.24, 2.45) is 0 Å². The van der Waals surface area contributed by atoms with E-state index in [1.165, 1.54) is 17.4 Å². The standard InChI is InChI=1S/C8H8BrFO3S/c1-3-4(9)2-5(14-3)7(11)6(10)8(12)13/h2,6-7,11H,1H3,(H,12,13). The molecule has 2 atom stereocenters. The van der Waals surface area contributed by atoms with Crippen molar-refractivity contribution in [3.8, 4) is 0 Å². The number of carbonyl (C=O) groups is 1. The van der Waals surface area contributed by atoms with Gasteiger partial charge in [0.15, 0.2) is 0 Å². The van der Waals surface area contributed by atoms with Crippen LogP contribution in [0.5, 0.6) is 0 Å². The van der Waals surface area contributed by atoms with Gasteiger partial charge in [0, 0.05) is 14.2 Å². The Morgan fingerprint density at radius 1 is 1.71 bits per heavy atom. The number of carboxylic acid groups (broad SMARTS) is 1. The maximum atomic E-state index is 12.9. The molecule has 1 aromatic heterocycles. The minimum atomic E-state index is -2.28. The van der Waals surface area contributed by atoms with Gasteiger partial charge in [-0.3, -0.25) is 0 Å². The molecule has 0 aliphatic carbocycles. The molecule has 78 valence electrons. The molecule has 0 fully saturated rings. The lowest BCUT2D eigenvalue weighted by Gasteiger charge is -2.09. The van der Waals surface area contributed by atoms with Gasteiger partial charge in [-0.1, -0.05) is 0 Å². The van der Waals surface area contributed by atoms with Crippen LogP contribution < -0.4 is 0 Å². The Morgan fingerprint density at radius 2 is 2.29 bits per heavy atom. The van der Waals surface area contributed by atoms with Crippen molar-refractivity contribution in [2.45, 2.75) is 19.2 Å². The van der Waals surface area contributed by atoms with E-state index in [1.807, 2.05) is 0 Å². The van der Waals surface area contributed by atoms with Gasteiger partial charge < -0.3 is 10.2 Å². The molecule has 0 bridgehead atoms. The van der Waals surface area contributed by atoms with E-state index in [4.69, 9.17) is 5.11 Å². The Hall–Kier alpha value is -0.460. The summed E-state index contributed by atoms with van der Waals surface area (Å²) >= 11 is 4.37. The van der Waals surface area contributed by atoms with Gasteiger partial charge in [0.2, 0.25) is 6.17 Å². The average molecular weight is 283 g/mol. The van der Waals surface area contributed by atoms with E-state index in [0.29, 0.717) is 4.88 Å². The lowest BCUT2D eigenvalue weighted by atomic mass is 10.2. The van der Waals surface area contributed by atoms with Gasteiger partial charge in [0.25, 0.3) is 0 Å². The van der Waals surface area contributed by atoms with E-state index in [-0.39, 0.29) is 0 Å². The number of aliphatic hydroxyl groups is 1. The number of rotatable bonds is 3. The van der Waals surface area contributed by atoms with Gasteiger partial charge >= 0.3 is 5.97 Å². The summed E-state index contributed by atoms with van der Waals surface area (Å²) < 4.78 is 13.6. The second kappa shape index (κ2) is 4.37. The molecular weight excluding hydrogens is 275 g/mol. The van der Waals surface area contributed by atoms with Crippen molar-refractivity contribution in [3.63, 3.8) is 0 Å². The molecular formula is C8H8BrFO3S. The lowest BCUT2D eigenvalue weighted by molar-refractivity contribution is -0.147. The number of aliphatic hydroxyl groups excluding tert-OH is 1. The van der Waals surface area contributed by atoms with Crippen LogP contribution in [0.15, 0.2) is 10.5 Å². The number of aliphatic carboxylic acids is 1. The van der Waals surface area contributed by atoms with E-state index in [2.05, 4.69) is 15.9 Å². The van der Waals surface area contributed by atoms with E-state index < -0.39 is 18.2 Å². The second-order valence-electron chi connectivity index (χ2n) is 2.74. The first-order chi connectivity index (χ1) is 6.43. The zero-order valence-corrected chi connectivity index (χ0v) is 9.60. The predicted molar refractivity (Wildman–Crippen MR) is 54.2 cm³/mol. The highest BCUT2D eigenvalue weighted by atomic mass is 79.9. The van der Waals surface area contributed by atoms with Gasteiger partial charge in [0.1, 0.15) is 6.10 Å². The molecule has 0 aliphatic rings. The Morgan fingerprint density at radius 3 is 2.64 bits per heavy atom. The maximum Gasteiger partial charge on any atom is 0.341 e. The number of alkyl halides is 1. The topological polar surface area (TPSA) is 57.5 Å². The zero-order chi connectivity index (χ0) is 10.9. The van der Waals surface area contributed by atoms with Crippen LogP contribution in [0.25, 0.3) is 0 Å². The van der Waals surface area contributed by atoms with Crippen LogP contribution in [-0.4, -0.2) is 22.4 Å². The number of hydrogen-bond acceptors (Lipinski definition) is 3. The monoisotopic (exact) mass is 282 g/mol. The van der Waals surface area contributed by atoms with E-state index >= 15 is 0 Å². The summed E-state index contributed by atoms with van der Waals surface area (Å²) in [5, 5.41) is 17.7. The number of hydrogen-bond donors (Lipinski definition) is 2. The SMILES string of the molecule is Cc1sc(C(O)C(F)C(=O)O)cc1Br. The van der Waals surface area contributed by atoms with Crippen LogP contribution in [-0.2, 0) is 4.79 Å². The molecule has 1 heterocycles. The summed E-state index contributed by atoms with van der Waals surface area (Å²) in [5.74, 6) is -1.65. The first-order valence-corrected chi connectivity index (χ1v) is 5.35. The molecule has 0 saturated carbocycles. The number of halogens is 2. The molecule has 1 aromatic rings. The van der Waals surface area contributed by atoms with Gasteiger partial charge in [0.05, 0.1) is 0 Å². The second-order valence-corrected chi connectivity index (χ2v) is 4.88. The number of thiophene rings is 1. The maximum absolute atomic E-state index is 12.9. The Bertz CT molecular complexity index is 333. The highest BCUT2D eigenvalue weighted by Gasteiger charge is 2.28. The summed E-state index contributed by atoms with van der Waals surface area (Å²) in [7, 11) is 0. The van der Waals surface area contributed by atoms with Gasteiger partial charge in [-0.25, -0.2) is 9.18 Å². The van der Waals surface area contributed by atoms with Crippen LogP contribution in [0, 0.1) is 6.92 Å². The normalized spacial score (nSPS) is 15.1. The number of aryl methyl sites for hydroxylation is 1. The minimum Gasteiger partial charge on any atom is -0.479 e. The molecule has 0 amide bonds. The summed E-state index contributed by atoms with van der Waals surface area (Å²) in [6.45, 7) is 1.79. The molecule has 0 spiro atoms. The largest absolute Gasteiger partial charge is 0.479 e. The molecule has 1 rings (SSSR count). The molecule has 0 saturated heterocycles. The zero-order valence-electron chi connectivity index (χ0n) is 7.20. The average Bonchev–Trinajstić information content (AvgIpc) is 2.44. The van der Waals surface area contributed by atoms with Crippen molar-refractivity contribution in [2.75, 3.05) is 0 Å². The van der Waals surface area contributed by atoms with Crippen LogP contribution >= 0.6 is 27.3 Å². The first-order valence-electron chi connectivity index (χ1n) is 3.74. The molecule has 2 N–H and O–H groups in total. The third kappa shape index (κ3) is 2.31. The molecule has 2 unspecified atom stereocenters. The van der Waals surface area contributed by atoms with Crippen molar-refractivity contribution >= 4 is 33.2 Å². The molecule has 3 nitrogen and oxygen atoms in total. The summed E-state index contributed by atoms with van der Waals surface area (Å²) in [6.07, 6.45) is -3.87. The van der Waals surface area contributed by atoms with E-state index in [9.17, 15) is 14.3 Å². The predicted octanol–water partition coefficient (Wildman–Crippen LogP) is 2.28.